The van der Waals surface area contributed by atoms with Crippen LogP contribution in [0.1, 0.15) is 38.5 Å². The van der Waals surface area contributed by atoms with Gasteiger partial charge < -0.3 is 0 Å². The lowest BCUT2D eigenvalue weighted by Crippen LogP contribution is -2.54. The SMILES string of the molecule is O=C(N/N=C\C12c3ccccc3C(c3ccccc31)[C@H]1C(=O)N(c3ccccc3)C(=O)[C@H]12)c1ccc(Cl)cc1Cl. The minimum atomic E-state index is -1.08. The Morgan fingerprint density at radius 3 is 2.10 bits per heavy atom. The molecule has 1 saturated heterocycles. The first kappa shape index (κ1) is 24.8. The van der Waals surface area contributed by atoms with Gasteiger partial charge in [-0.2, -0.15) is 5.10 Å². The fourth-order valence-electron chi connectivity index (χ4n) is 6.81. The van der Waals surface area contributed by atoms with E-state index in [0.29, 0.717) is 10.7 Å². The van der Waals surface area contributed by atoms with Gasteiger partial charge >= 0.3 is 0 Å². The van der Waals surface area contributed by atoms with Crippen LogP contribution in [-0.4, -0.2) is 23.9 Å². The van der Waals surface area contributed by atoms with Crippen molar-refractivity contribution in [3.8, 4) is 0 Å². The van der Waals surface area contributed by atoms with Crippen LogP contribution < -0.4 is 10.3 Å². The van der Waals surface area contributed by atoms with E-state index < -0.39 is 23.2 Å². The Morgan fingerprint density at radius 2 is 1.45 bits per heavy atom. The average Bonchev–Trinajstić information content (AvgIpc) is 3.24. The van der Waals surface area contributed by atoms with E-state index in [-0.39, 0.29) is 28.3 Å². The highest BCUT2D eigenvalue weighted by atomic mass is 35.5. The van der Waals surface area contributed by atoms with E-state index in [1.165, 1.54) is 17.0 Å². The van der Waals surface area contributed by atoms with E-state index >= 15 is 0 Å². The van der Waals surface area contributed by atoms with Gasteiger partial charge in [0.25, 0.3) is 5.91 Å². The van der Waals surface area contributed by atoms with Crippen LogP contribution in [0.15, 0.2) is 102 Å². The first-order valence-electron chi connectivity index (χ1n) is 12.8. The molecule has 0 radical (unpaired) electrons. The van der Waals surface area contributed by atoms with Crippen molar-refractivity contribution in [2.45, 2.75) is 11.3 Å². The number of nitrogens with one attached hydrogen (secondary N) is 1. The van der Waals surface area contributed by atoms with Gasteiger partial charge in [0.05, 0.1) is 33.5 Å². The highest BCUT2D eigenvalue weighted by Crippen LogP contribution is 2.63. The number of amides is 3. The second kappa shape index (κ2) is 9.15. The molecule has 40 heavy (non-hydrogen) atoms. The molecular weight excluding hydrogens is 545 g/mol. The Bertz CT molecular complexity index is 1710. The van der Waals surface area contributed by atoms with E-state index in [1.807, 2.05) is 66.7 Å². The lowest BCUT2D eigenvalue weighted by molar-refractivity contribution is -0.122. The van der Waals surface area contributed by atoms with Crippen molar-refractivity contribution in [1.82, 2.24) is 5.43 Å². The zero-order valence-electron chi connectivity index (χ0n) is 20.9. The molecule has 1 fully saturated rings. The van der Waals surface area contributed by atoms with Crippen molar-refractivity contribution < 1.29 is 14.4 Å². The number of halogens is 2. The summed E-state index contributed by atoms with van der Waals surface area (Å²) < 4.78 is 0. The molecule has 4 aromatic carbocycles. The summed E-state index contributed by atoms with van der Waals surface area (Å²) >= 11 is 12.2. The Morgan fingerprint density at radius 1 is 0.825 bits per heavy atom. The standard InChI is InChI=1S/C32H21Cl2N3O3/c33-18-14-15-22(25(34)16-18)29(38)36-35-17-32-23-12-6-4-10-20(23)26(21-11-5-7-13-24(21)32)27-28(32)31(40)37(30(27)39)19-8-2-1-3-9-19/h1-17,26-28H,(H,36,38)/b35-17-/t26?,27-,28+,32?/m1/s1. The molecular formula is C32H21Cl2N3O3. The Labute approximate surface area is 240 Å². The lowest BCUT2D eigenvalue weighted by atomic mass is 9.47. The molecule has 1 N–H and O–H groups in total. The molecule has 4 aliphatic rings. The summed E-state index contributed by atoms with van der Waals surface area (Å²) in [5.74, 6) is -2.67. The fraction of sp³-hybridized carbons (Fsp3) is 0.125. The van der Waals surface area contributed by atoms with Crippen molar-refractivity contribution in [2.75, 3.05) is 4.90 Å². The Hall–Kier alpha value is -4.26. The van der Waals surface area contributed by atoms with Crippen molar-refractivity contribution in [2.24, 2.45) is 16.9 Å². The third-order valence-electron chi connectivity index (χ3n) is 8.31. The second-order valence-corrected chi connectivity index (χ2v) is 11.0. The number of benzene rings is 4. The molecule has 1 heterocycles. The van der Waals surface area contributed by atoms with Gasteiger partial charge in [0, 0.05) is 17.2 Å². The number of hydrogen-bond donors (Lipinski definition) is 1. The van der Waals surface area contributed by atoms with Crippen LogP contribution in [0.3, 0.4) is 0 Å². The van der Waals surface area contributed by atoms with Gasteiger partial charge in [0.15, 0.2) is 0 Å². The van der Waals surface area contributed by atoms with E-state index in [1.54, 1.807) is 24.4 Å². The second-order valence-electron chi connectivity index (χ2n) is 10.2. The number of imide groups is 1. The number of carbonyl (C=O) groups excluding carboxylic acids is 3. The molecule has 1 aliphatic heterocycles. The molecule has 3 amide bonds. The third kappa shape index (κ3) is 3.36. The van der Waals surface area contributed by atoms with E-state index in [4.69, 9.17) is 23.2 Å². The third-order valence-corrected chi connectivity index (χ3v) is 8.86. The van der Waals surface area contributed by atoms with Gasteiger partial charge in [-0.25, -0.2) is 10.3 Å². The molecule has 6 nitrogen and oxygen atoms in total. The number of para-hydroxylation sites is 1. The Balaban J connectivity index is 1.40. The number of hydrazone groups is 1. The zero-order chi connectivity index (χ0) is 27.6. The Kier molecular flexibility index (Phi) is 5.66. The van der Waals surface area contributed by atoms with Crippen LogP contribution in [0.5, 0.6) is 0 Å². The maximum atomic E-state index is 14.3. The average molecular weight is 566 g/mol. The topological polar surface area (TPSA) is 78.8 Å². The largest absolute Gasteiger partial charge is 0.274 e. The predicted octanol–water partition coefficient (Wildman–Crippen LogP) is 5.96. The number of anilines is 1. The van der Waals surface area contributed by atoms with Gasteiger partial charge in [-0.1, -0.05) is 89.9 Å². The van der Waals surface area contributed by atoms with Gasteiger partial charge in [-0.15, -0.1) is 0 Å². The summed E-state index contributed by atoms with van der Waals surface area (Å²) in [6, 6.07) is 29.4. The van der Waals surface area contributed by atoms with Crippen molar-refractivity contribution in [3.63, 3.8) is 0 Å². The predicted molar refractivity (Wildman–Crippen MR) is 154 cm³/mol. The summed E-state index contributed by atoms with van der Waals surface area (Å²) in [6.07, 6.45) is 1.62. The van der Waals surface area contributed by atoms with Crippen molar-refractivity contribution in [3.05, 3.63) is 135 Å². The molecule has 196 valence electrons. The van der Waals surface area contributed by atoms with Gasteiger partial charge in [0.1, 0.15) is 0 Å². The van der Waals surface area contributed by atoms with Gasteiger partial charge in [0.2, 0.25) is 11.8 Å². The molecule has 0 unspecified atom stereocenters. The minimum Gasteiger partial charge on any atom is -0.274 e. The summed E-state index contributed by atoms with van der Waals surface area (Å²) in [5, 5.41) is 5.03. The van der Waals surface area contributed by atoms with Crippen LogP contribution in [-0.2, 0) is 15.0 Å². The summed E-state index contributed by atoms with van der Waals surface area (Å²) in [4.78, 5) is 42.7. The van der Waals surface area contributed by atoms with Crippen LogP contribution >= 0.6 is 23.2 Å². The summed E-state index contributed by atoms with van der Waals surface area (Å²) in [7, 11) is 0. The molecule has 2 atom stereocenters. The highest BCUT2D eigenvalue weighted by molar-refractivity contribution is 6.36. The summed E-state index contributed by atoms with van der Waals surface area (Å²) in [6.45, 7) is 0. The minimum absolute atomic E-state index is 0.197. The van der Waals surface area contributed by atoms with E-state index in [2.05, 4.69) is 10.5 Å². The number of hydrogen-bond acceptors (Lipinski definition) is 4. The van der Waals surface area contributed by atoms with Crippen molar-refractivity contribution >= 4 is 52.8 Å². The smallest absolute Gasteiger partial charge is 0.272 e. The first-order chi connectivity index (χ1) is 19.4. The van der Waals surface area contributed by atoms with Crippen molar-refractivity contribution in [1.29, 1.82) is 0 Å². The van der Waals surface area contributed by atoms with Crippen LogP contribution in [0.25, 0.3) is 0 Å². The van der Waals surface area contributed by atoms with Crippen LogP contribution in [0.2, 0.25) is 10.0 Å². The lowest BCUT2D eigenvalue weighted by Gasteiger charge is -2.52. The molecule has 0 saturated carbocycles. The number of carbonyl (C=O) groups is 3. The van der Waals surface area contributed by atoms with E-state index in [9.17, 15) is 14.4 Å². The zero-order valence-corrected chi connectivity index (χ0v) is 22.4. The van der Waals surface area contributed by atoms with E-state index in [0.717, 1.165) is 22.3 Å². The number of nitrogens with zero attached hydrogens (tertiary/aromatic N) is 2. The summed E-state index contributed by atoms with van der Waals surface area (Å²) in [5.41, 5.74) is 6.03. The molecule has 0 spiro atoms. The molecule has 2 bridgehead atoms. The highest BCUT2D eigenvalue weighted by Gasteiger charge is 2.68. The maximum absolute atomic E-state index is 14.3. The first-order valence-corrected chi connectivity index (χ1v) is 13.6. The fourth-order valence-corrected chi connectivity index (χ4v) is 7.30. The van der Waals surface area contributed by atoms with Gasteiger partial charge in [-0.3, -0.25) is 14.4 Å². The molecule has 8 heteroatoms. The van der Waals surface area contributed by atoms with Gasteiger partial charge in [-0.05, 0) is 52.6 Å². The molecule has 0 aromatic heterocycles. The quantitative estimate of drug-likeness (QED) is 0.188. The molecule has 3 aliphatic carbocycles. The van der Waals surface area contributed by atoms with Crippen LogP contribution in [0.4, 0.5) is 5.69 Å². The monoisotopic (exact) mass is 565 g/mol. The maximum Gasteiger partial charge on any atom is 0.272 e. The molecule has 8 rings (SSSR count). The molecule has 4 aromatic rings. The normalized spacial score (nSPS) is 24.1. The number of rotatable bonds is 4. The van der Waals surface area contributed by atoms with Crippen LogP contribution in [0, 0.1) is 11.8 Å².